The van der Waals surface area contributed by atoms with Crippen molar-refractivity contribution in [2.45, 2.75) is 33.6 Å². The highest BCUT2D eigenvalue weighted by Gasteiger charge is 1.88. The molecule has 0 fully saturated rings. The van der Waals surface area contributed by atoms with E-state index >= 15 is 0 Å². The Morgan fingerprint density at radius 1 is 0.842 bits per heavy atom. The Labute approximate surface area is 118 Å². The molecule has 19 heavy (non-hydrogen) atoms. The van der Waals surface area contributed by atoms with Crippen LogP contribution in [-0.2, 0) is 9.47 Å². The van der Waals surface area contributed by atoms with Crippen LogP contribution in [0.3, 0.4) is 0 Å². The number of ether oxygens (including phenoxy) is 3. The van der Waals surface area contributed by atoms with Gasteiger partial charge in [0.2, 0.25) is 0 Å². The van der Waals surface area contributed by atoms with E-state index in [2.05, 4.69) is 6.92 Å². The Kier molecular flexibility index (Phi) is 20.6. The molecule has 0 saturated heterocycles. The molecule has 0 spiro atoms. The third kappa shape index (κ3) is 16.9. The van der Waals surface area contributed by atoms with Gasteiger partial charge in [0.15, 0.2) is 0 Å². The van der Waals surface area contributed by atoms with E-state index < -0.39 is 0 Å². The van der Waals surface area contributed by atoms with E-state index in [-0.39, 0.29) is 0 Å². The summed E-state index contributed by atoms with van der Waals surface area (Å²) >= 11 is 0. The maximum atomic E-state index is 5.32. The molecule has 1 rings (SSSR count). The fourth-order valence-electron chi connectivity index (χ4n) is 1.05. The largest absolute Gasteiger partial charge is 0.491 e. The Bertz CT molecular complexity index is 233. The van der Waals surface area contributed by atoms with Crippen LogP contribution in [0.15, 0.2) is 30.3 Å². The van der Waals surface area contributed by atoms with Crippen LogP contribution in [0, 0.1) is 0 Å². The Hall–Kier alpha value is -1.06. The molecule has 112 valence electrons. The Balaban J connectivity index is 0. The summed E-state index contributed by atoms with van der Waals surface area (Å²) in [6, 6.07) is 9.71. The molecule has 0 saturated carbocycles. The summed E-state index contributed by atoms with van der Waals surface area (Å²) in [5, 5.41) is 0. The molecule has 0 amide bonds. The van der Waals surface area contributed by atoms with Crippen molar-refractivity contribution in [2.24, 2.45) is 0 Å². The van der Waals surface area contributed by atoms with E-state index in [0.717, 1.165) is 12.4 Å². The van der Waals surface area contributed by atoms with Crippen molar-refractivity contribution in [1.29, 1.82) is 0 Å². The van der Waals surface area contributed by atoms with Crippen molar-refractivity contribution in [3.05, 3.63) is 30.3 Å². The van der Waals surface area contributed by atoms with Crippen LogP contribution in [0.1, 0.15) is 33.6 Å². The van der Waals surface area contributed by atoms with Gasteiger partial charge in [0.05, 0.1) is 6.61 Å². The Morgan fingerprint density at radius 3 is 1.84 bits per heavy atom. The normalized spacial score (nSPS) is 8.68. The fourth-order valence-corrected chi connectivity index (χ4v) is 1.05. The fraction of sp³-hybridized carbons (Fsp3) is 0.625. The molecule has 3 nitrogen and oxygen atoms in total. The lowest BCUT2D eigenvalue weighted by Gasteiger charge is -2.03. The van der Waals surface area contributed by atoms with Crippen molar-refractivity contribution < 1.29 is 14.2 Å². The van der Waals surface area contributed by atoms with E-state index in [0.29, 0.717) is 13.2 Å². The minimum absolute atomic E-state index is 0.612. The van der Waals surface area contributed by atoms with Crippen molar-refractivity contribution in [2.75, 3.05) is 34.0 Å². The standard InChI is InChI=1S/C9H12O2.C5H12O.C2H6/c1-10-7-8-11-9-5-3-2-4-6-9;1-3-4-5-6-2;1-2/h2-6H,7-8H2,1H3;3-5H2,1-2H3;1-2H3. The lowest BCUT2D eigenvalue weighted by atomic mass is 10.3. The molecule has 0 unspecified atom stereocenters. The number of rotatable bonds is 7. The van der Waals surface area contributed by atoms with Gasteiger partial charge in [-0.15, -0.1) is 0 Å². The van der Waals surface area contributed by atoms with Crippen LogP contribution in [0.2, 0.25) is 0 Å². The van der Waals surface area contributed by atoms with Crippen LogP contribution in [0.5, 0.6) is 5.75 Å². The van der Waals surface area contributed by atoms with Crippen LogP contribution in [-0.4, -0.2) is 34.0 Å². The molecule has 0 aliphatic rings. The summed E-state index contributed by atoms with van der Waals surface area (Å²) in [5.74, 6) is 0.893. The average molecular weight is 270 g/mol. The van der Waals surface area contributed by atoms with E-state index in [9.17, 15) is 0 Å². The molecule has 3 heteroatoms. The molecule has 0 aromatic heterocycles. The van der Waals surface area contributed by atoms with Crippen LogP contribution in [0.4, 0.5) is 0 Å². The number of hydrogen-bond donors (Lipinski definition) is 0. The molecule has 0 radical (unpaired) electrons. The predicted octanol–water partition coefficient (Wildman–Crippen LogP) is 4.17. The van der Waals surface area contributed by atoms with E-state index in [1.165, 1.54) is 12.8 Å². The zero-order chi connectivity index (χ0) is 14.8. The summed E-state index contributed by atoms with van der Waals surface area (Å²) in [6.45, 7) is 8.31. The second kappa shape index (κ2) is 19.3. The smallest absolute Gasteiger partial charge is 0.119 e. The summed E-state index contributed by atoms with van der Waals surface area (Å²) < 4.78 is 14.9. The van der Waals surface area contributed by atoms with Gasteiger partial charge in [-0.05, 0) is 18.6 Å². The average Bonchev–Trinajstić information content (AvgIpc) is 2.49. The SMILES string of the molecule is CC.CCCCOC.COCCOc1ccccc1. The van der Waals surface area contributed by atoms with Gasteiger partial charge in [0, 0.05) is 20.8 Å². The van der Waals surface area contributed by atoms with E-state index in [1.807, 2.05) is 44.2 Å². The van der Waals surface area contributed by atoms with Gasteiger partial charge in [-0.2, -0.15) is 0 Å². The summed E-state index contributed by atoms with van der Waals surface area (Å²) in [6.07, 6.45) is 2.42. The zero-order valence-corrected chi connectivity index (χ0v) is 13.1. The third-order valence-corrected chi connectivity index (χ3v) is 2.00. The molecule has 0 bridgehead atoms. The van der Waals surface area contributed by atoms with Crippen molar-refractivity contribution in [3.8, 4) is 5.75 Å². The molecular formula is C16H30O3. The number of para-hydroxylation sites is 1. The number of methoxy groups -OCH3 is 2. The van der Waals surface area contributed by atoms with Gasteiger partial charge in [-0.25, -0.2) is 0 Å². The van der Waals surface area contributed by atoms with Crippen molar-refractivity contribution >= 4 is 0 Å². The predicted molar refractivity (Wildman–Crippen MR) is 81.9 cm³/mol. The number of unbranched alkanes of at least 4 members (excludes halogenated alkanes) is 1. The highest BCUT2D eigenvalue weighted by Crippen LogP contribution is 2.07. The van der Waals surface area contributed by atoms with Crippen LogP contribution in [0.25, 0.3) is 0 Å². The third-order valence-electron chi connectivity index (χ3n) is 2.00. The lowest BCUT2D eigenvalue weighted by Crippen LogP contribution is -2.03. The molecule has 0 atom stereocenters. The van der Waals surface area contributed by atoms with Gasteiger partial charge in [0.25, 0.3) is 0 Å². The monoisotopic (exact) mass is 270 g/mol. The van der Waals surface area contributed by atoms with Gasteiger partial charge >= 0.3 is 0 Å². The molecular weight excluding hydrogens is 240 g/mol. The second-order valence-electron chi connectivity index (χ2n) is 3.50. The molecule has 0 aliphatic carbocycles. The molecule has 0 N–H and O–H groups in total. The maximum Gasteiger partial charge on any atom is 0.119 e. The first-order chi connectivity index (χ1) is 9.35. The molecule has 1 aromatic rings. The van der Waals surface area contributed by atoms with Crippen LogP contribution >= 0.6 is 0 Å². The highest BCUT2D eigenvalue weighted by atomic mass is 16.5. The van der Waals surface area contributed by atoms with Crippen molar-refractivity contribution in [1.82, 2.24) is 0 Å². The lowest BCUT2D eigenvalue weighted by molar-refractivity contribution is 0.146. The summed E-state index contributed by atoms with van der Waals surface area (Å²) in [5.41, 5.74) is 0. The minimum Gasteiger partial charge on any atom is -0.491 e. The zero-order valence-electron chi connectivity index (χ0n) is 13.1. The first-order valence-corrected chi connectivity index (χ1v) is 7.00. The second-order valence-corrected chi connectivity index (χ2v) is 3.50. The minimum atomic E-state index is 0.612. The summed E-state index contributed by atoms with van der Waals surface area (Å²) in [7, 11) is 3.39. The quantitative estimate of drug-likeness (QED) is 0.696. The van der Waals surface area contributed by atoms with Crippen molar-refractivity contribution in [3.63, 3.8) is 0 Å². The molecule has 0 heterocycles. The Morgan fingerprint density at radius 2 is 1.42 bits per heavy atom. The highest BCUT2D eigenvalue weighted by molar-refractivity contribution is 5.20. The number of hydrogen-bond acceptors (Lipinski definition) is 3. The first-order valence-electron chi connectivity index (χ1n) is 7.00. The van der Waals surface area contributed by atoms with Crippen LogP contribution < -0.4 is 4.74 Å². The van der Waals surface area contributed by atoms with Gasteiger partial charge in [-0.3, -0.25) is 0 Å². The molecule has 0 aliphatic heterocycles. The van der Waals surface area contributed by atoms with Gasteiger partial charge in [-0.1, -0.05) is 45.4 Å². The maximum absolute atomic E-state index is 5.32. The van der Waals surface area contributed by atoms with Gasteiger partial charge < -0.3 is 14.2 Å². The topological polar surface area (TPSA) is 27.7 Å². The first kappa shape index (κ1) is 20.3. The van der Waals surface area contributed by atoms with E-state index in [4.69, 9.17) is 14.2 Å². The summed E-state index contributed by atoms with van der Waals surface area (Å²) in [4.78, 5) is 0. The van der Waals surface area contributed by atoms with Gasteiger partial charge in [0.1, 0.15) is 12.4 Å². The van der Waals surface area contributed by atoms with E-state index in [1.54, 1.807) is 14.2 Å². The number of benzene rings is 1. The molecule has 1 aromatic carbocycles.